The minimum atomic E-state index is -1.49. The number of carbonyl (C=O) groups is 1. The van der Waals surface area contributed by atoms with Gasteiger partial charge in [0.15, 0.2) is 0 Å². The van der Waals surface area contributed by atoms with Crippen LogP contribution in [0, 0.1) is 0 Å². The fourth-order valence-electron chi connectivity index (χ4n) is 1.34. The lowest BCUT2D eigenvalue weighted by Gasteiger charge is -2.22. The molecule has 1 aromatic carbocycles. The Bertz CT molecular complexity index is 406. The molecule has 0 aliphatic heterocycles. The van der Waals surface area contributed by atoms with Gasteiger partial charge in [-0.3, -0.25) is 0 Å². The molecule has 17 heavy (non-hydrogen) atoms. The second-order valence-corrected chi connectivity index (χ2v) is 3.57. The van der Waals surface area contributed by atoms with Gasteiger partial charge in [-0.2, -0.15) is 0 Å². The van der Waals surface area contributed by atoms with Gasteiger partial charge in [-0.15, -0.1) is 12.4 Å². The third-order valence-electron chi connectivity index (χ3n) is 2.41. The van der Waals surface area contributed by atoms with E-state index in [4.69, 9.17) is 20.3 Å². The number of ether oxygens (including phenoxy) is 2. The third-order valence-corrected chi connectivity index (χ3v) is 2.41. The quantitative estimate of drug-likeness (QED) is 0.856. The molecule has 0 aromatic heterocycles. The monoisotopic (exact) mass is 261 g/mol. The molecule has 0 spiro atoms. The summed E-state index contributed by atoms with van der Waals surface area (Å²) in [7, 11) is 2.98. The maximum Gasteiger partial charge on any atom is 0.328 e. The predicted octanol–water partition coefficient (Wildman–Crippen LogP) is 1.38. The zero-order chi connectivity index (χ0) is 12.3. The molecule has 0 heterocycles. The van der Waals surface area contributed by atoms with Gasteiger partial charge >= 0.3 is 5.97 Å². The van der Waals surface area contributed by atoms with Crippen molar-refractivity contribution in [2.75, 3.05) is 14.2 Å². The Hall–Kier alpha value is -1.46. The summed E-state index contributed by atoms with van der Waals surface area (Å²) >= 11 is 0. The molecule has 6 heteroatoms. The highest BCUT2D eigenvalue weighted by atomic mass is 35.5. The lowest BCUT2D eigenvalue weighted by atomic mass is 9.92. The topological polar surface area (TPSA) is 81.8 Å². The van der Waals surface area contributed by atoms with Gasteiger partial charge in [-0.05, 0) is 19.1 Å². The molecule has 0 saturated heterocycles. The van der Waals surface area contributed by atoms with Gasteiger partial charge in [0.1, 0.15) is 17.0 Å². The molecule has 1 unspecified atom stereocenters. The largest absolute Gasteiger partial charge is 0.497 e. The van der Waals surface area contributed by atoms with E-state index in [9.17, 15) is 4.79 Å². The van der Waals surface area contributed by atoms with E-state index in [1.165, 1.54) is 21.1 Å². The van der Waals surface area contributed by atoms with Crippen molar-refractivity contribution in [2.45, 2.75) is 12.5 Å². The molecule has 3 N–H and O–H groups in total. The van der Waals surface area contributed by atoms with Crippen LogP contribution < -0.4 is 15.2 Å². The first-order valence-electron chi connectivity index (χ1n) is 4.68. The van der Waals surface area contributed by atoms with Crippen LogP contribution in [0.2, 0.25) is 0 Å². The van der Waals surface area contributed by atoms with E-state index in [2.05, 4.69) is 0 Å². The van der Waals surface area contributed by atoms with Crippen molar-refractivity contribution in [2.24, 2.45) is 5.73 Å². The van der Waals surface area contributed by atoms with Crippen molar-refractivity contribution in [1.29, 1.82) is 0 Å². The Morgan fingerprint density at radius 3 is 2.35 bits per heavy atom. The van der Waals surface area contributed by atoms with Gasteiger partial charge in [0.05, 0.1) is 14.2 Å². The van der Waals surface area contributed by atoms with E-state index in [1.807, 2.05) is 0 Å². The van der Waals surface area contributed by atoms with Crippen LogP contribution in [-0.2, 0) is 10.3 Å². The summed E-state index contributed by atoms with van der Waals surface area (Å²) in [5.74, 6) is -0.135. The van der Waals surface area contributed by atoms with Crippen LogP contribution in [0.15, 0.2) is 18.2 Å². The number of rotatable bonds is 4. The number of hydrogen-bond acceptors (Lipinski definition) is 4. The standard InChI is InChI=1S/C11H15NO4.ClH/c1-11(12,10(13)14)8-5-4-7(15-2)6-9(8)16-3;/h4-6H,12H2,1-3H3,(H,13,14);1H. The van der Waals surface area contributed by atoms with Crippen LogP contribution in [-0.4, -0.2) is 25.3 Å². The third kappa shape index (κ3) is 3.01. The molecule has 1 atom stereocenters. The van der Waals surface area contributed by atoms with E-state index < -0.39 is 11.5 Å². The van der Waals surface area contributed by atoms with E-state index in [0.717, 1.165) is 0 Å². The Labute approximate surface area is 106 Å². The second kappa shape index (κ2) is 5.75. The smallest absolute Gasteiger partial charge is 0.328 e. The molecule has 0 aliphatic carbocycles. The van der Waals surface area contributed by atoms with E-state index in [0.29, 0.717) is 17.1 Å². The summed E-state index contributed by atoms with van der Waals surface area (Å²) in [6.45, 7) is 1.42. The summed E-state index contributed by atoms with van der Waals surface area (Å²) in [5.41, 5.74) is 4.65. The van der Waals surface area contributed by atoms with Crippen LogP contribution in [0.5, 0.6) is 11.5 Å². The Kier molecular flexibility index (Phi) is 5.25. The van der Waals surface area contributed by atoms with Crippen molar-refractivity contribution in [3.8, 4) is 11.5 Å². The Morgan fingerprint density at radius 2 is 1.94 bits per heavy atom. The van der Waals surface area contributed by atoms with Crippen LogP contribution in [0.3, 0.4) is 0 Å². The molecular weight excluding hydrogens is 246 g/mol. The normalized spacial score (nSPS) is 13.2. The van der Waals surface area contributed by atoms with Gasteiger partial charge < -0.3 is 20.3 Å². The number of nitrogens with two attached hydrogens (primary N) is 1. The highest BCUT2D eigenvalue weighted by molar-refractivity contribution is 5.85. The average Bonchev–Trinajstić information content (AvgIpc) is 2.27. The average molecular weight is 262 g/mol. The van der Waals surface area contributed by atoms with Gasteiger partial charge in [0, 0.05) is 11.6 Å². The lowest BCUT2D eigenvalue weighted by Crippen LogP contribution is -2.41. The lowest BCUT2D eigenvalue weighted by molar-refractivity contribution is -0.143. The zero-order valence-corrected chi connectivity index (χ0v) is 10.7. The molecule has 0 amide bonds. The van der Waals surface area contributed by atoms with Gasteiger partial charge in [-0.25, -0.2) is 4.79 Å². The molecule has 1 aromatic rings. The Balaban J connectivity index is 0.00000256. The zero-order valence-electron chi connectivity index (χ0n) is 9.89. The van der Waals surface area contributed by atoms with Crippen molar-refractivity contribution >= 4 is 18.4 Å². The summed E-state index contributed by atoms with van der Waals surface area (Å²) in [4.78, 5) is 11.0. The summed E-state index contributed by atoms with van der Waals surface area (Å²) in [6.07, 6.45) is 0. The molecule has 0 saturated carbocycles. The molecule has 96 valence electrons. The van der Waals surface area contributed by atoms with Crippen LogP contribution >= 0.6 is 12.4 Å². The first-order chi connectivity index (χ1) is 7.43. The molecule has 1 rings (SSSR count). The number of aliphatic carboxylic acids is 1. The highest BCUT2D eigenvalue weighted by Gasteiger charge is 2.33. The van der Waals surface area contributed by atoms with E-state index in [-0.39, 0.29) is 12.4 Å². The number of benzene rings is 1. The van der Waals surface area contributed by atoms with Crippen LogP contribution in [0.1, 0.15) is 12.5 Å². The van der Waals surface area contributed by atoms with E-state index in [1.54, 1.807) is 18.2 Å². The van der Waals surface area contributed by atoms with Crippen molar-refractivity contribution in [3.63, 3.8) is 0 Å². The minimum absolute atomic E-state index is 0. The molecule has 0 radical (unpaired) electrons. The van der Waals surface area contributed by atoms with E-state index >= 15 is 0 Å². The van der Waals surface area contributed by atoms with Crippen LogP contribution in [0.4, 0.5) is 0 Å². The summed E-state index contributed by atoms with van der Waals surface area (Å²) in [6, 6.07) is 4.83. The summed E-state index contributed by atoms with van der Waals surface area (Å²) in [5, 5.41) is 9.03. The highest BCUT2D eigenvalue weighted by Crippen LogP contribution is 2.31. The molecular formula is C11H16ClNO4. The van der Waals surface area contributed by atoms with Crippen molar-refractivity contribution in [3.05, 3.63) is 23.8 Å². The first kappa shape index (κ1) is 15.5. The predicted molar refractivity (Wildman–Crippen MR) is 66.0 cm³/mol. The van der Waals surface area contributed by atoms with Gasteiger partial charge in [-0.1, -0.05) is 0 Å². The maximum absolute atomic E-state index is 11.0. The number of halogens is 1. The Morgan fingerprint density at radius 1 is 1.35 bits per heavy atom. The molecule has 0 aliphatic rings. The molecule has 0 fully saturated rings. The SMILES string of the molecule is COc1ccc(C(C)(N)C(=O)O)c(OC)c1.Cl. The summed E-state index contributed by atoms with van der Waals surface area (Å²) < 4.78 is 10.1. The first-order valence-corrected chi connectivity index (χ1v) is 4.68. The number of methoxy groups -OCH3 is 2. The van der Waals surface area contributed by atoms with Crippen LogP contribution in [0.25, 0.3) is 0 Å². The van der Waals surface area contributed by atoms with Crippen molar-refractivity contribution < 1.29 is 19.4 Å². The fraction of sp³-hybridized carbons (Fsp3) is 0.364. The van der Waals surface area contributed by atoms with Gasteiger partial charge in [0.2, 0.25) is 0 Å². The molecule has 0 bridgehead atoms. The molecule has 5 nitrogen and oxygen atoms in total. The number of carboxylic acids is 1. The van der Waals surface area contributed by atoms with Gasteiger partial charge in [0.25, 0.3) is 0 Å². The number of hydrogen-bond donors (Lipinski definition) is 2. The van der Waals surface area contributed by atoms with Crippen molar-refractivity contribution in [1.82, 2.24) is 0 Å². The fourth-order valence-corrected chi connectivity index (χ4v) is 1.34. The minimum Gasteiger partial charge on any atom is -0.497 e. The second-order valence-electron chi connectivity index (χ2n) is 3.57. The maximum atomic E-state index is 11.0. The number of carboxylic acid groups (broad SMARTS) is 1.